The fourth-order valence-electron chi connectivity index (χ4n) is 1.25. The molecule has 0 aromatic rings. The van der Waals surface area contributed by atoms with Crippen molar-refractivity contribution >= 4 is 5.97 Å². The van der Waals surface area contributed by atoms with Crippen molar-refractivity contribution < 1.29 is 14.3 Å². The van der Waals surface area contributed by atoms with Gasteiger partial charge in [-0.15, -0.1) is 5.73 Å². The van der Waals surface area contributed by atoms with Crippen molar-refractivity contribution in [2.75, 3.05) is 6.61 Å². The van der Waals surface area contributed by atoms with Gasteiger partial charge in [-0.3, -0.25) is 0 Å². The topological polar surface area (TPSA) is 35.5 Å². The molecular formula is C13H22O3. The molecule has 0 rings (SSSR count). The number of carbonyl (C=O) groups excluding carboxylic acids is 1. The molecule has 3 nitrogen and oxygen atoms in total. The fraction of sp³-hybridized carbons (Fsp3) is 0.692. The molecule has 0 aromatic heterocycles. The minimum absolute atomic E-state index is 0.469. The second kappa shape index (κ2) is 9.20. The molecule has 0 aliphatic rings. The molecule has 3 heteroatoms. The van der Waals surface area contributed by atoms with Crippen molar-refractivity contribution in [3.63, 3.8) is 0 Å². The van der Waals surface area contributed by atoms with Gasteiger partial charge in [-0.05, 0) is 19.3 Å². The summed E-state index contributed by atoms with van der Waals surface area (Å²) in [5.41, 5.74) is 2.36. The van der Waals surface area contributed by atoms with Crippen LogP contribution < -0.4 is 0 Å². The molecule has 92 valence electrons. The lowest BCUT2D eigenvalue weighted by atomic mass is 10.1. The summed E-state index contributed by atoms with van der Waals surface area (Å²) >= 11 is 0. The maximum atomic E-state index is 11.0. The predicted molar refractivity (Wildman–Crippen MR) is 63.9 cm³/mol. The molecule has 0 saturated carbocycles. The monoisotopic (exact) mass is 226 g/mol. The summed E-state index contributed by atoms with van der Waals surface area (Å²) < 4.78 is 10.3. The number of hydrogen-bond donors (Lipinski definition) is 0. The van der Waals surface area contributed by atoms with E-state index in [4.69, 9.17) is 9.47 Å². The van der Waals surface area contributed by atoms with Gasteiger partial charge in [-0.1, -0.05) is 33.3 Å². The van der Waals surface area contributed by atoms with E-state index in [0.717, 1.165) is 12.5 Å². The molecule has 2 atom stereocenters. The van der Waals surface area contributed by atoms with Crippen LogP contribution in [0.15, 0.2) is 18.4 Å². The van der Waals surface area contributed by atoms with E-state index in [1.54, 1.807) is 6.92 Å². The number of rotatable bonds is 8. The van der Waals surface area contributed by atoms with E-state index in [9.17, 15) is 4.79 Å². The van der Waals surface area contributed by atoms with Gasteiger partial charge >= 0.3 is 5.97 Å². The van der Waals surface area contributed by atoms with Crippen LogP contribution in [-0.2, 0) is 14.3 Å². The van der Waals surface area contributed by atoms with Gasteiger partial charge in [0.05, 0.1) is 12.7 Å². The molecule has 0 saturated heterocycles. The third kappa shape index (κ3) is 8.27. The lowest BCUT2D eigenvalue weighted by molar-refractivity contribution is -0.171. The molecule has 0 amide bonds. The Labute approximate surface area is 98.1 Å². The SMILES string of the molecule is C=C=CC(=O)OC(C)OCC(C)CCCC. The van der Waals surface area contributed by atoms with E-state index >= 15 is 0 Å². The average Bonchev–Trinajstić information content (AvgIpc) is 2.23. The summed E-state index contributed by atoms with van der Waals surface area (Å²) in [5, 5.41) is 0. The largest absolute Gasteiger partial charge is 0.432 e. The van der Waals surface area contributed by atoms with E-state index in [1.165, 1.54) is 12.8 Å². The molecule has 0 aliphatic heterocycles. The summed E-state index contributed by atoms with van der Waals surface area (Å²) in [5.74, 6) is 0.0276. The van der Waals surface area contributed by atoms with Crippen LogP contribution in [0.5, 0.6) is 0 Å². The van der Waals surface area contributed by atoms with E-state index in [2.05, 4.69) is 26.2 Å². The van der Waals surface area contributed by atoms with E-state index in [-0.39, 0.29) is 0 Å². The minimum Gasteiger partial charge on any atom is -0.432 e. The fourth-order valence-corrected chi connectivity index (χ4v) is 1.25. The van der Waals surface area contributed by atoms with Crippen LogP contribution >= 0.6 is 0 Å². The molecule has 0 aromatic carbocycles. The Kier molecular flexibility index (Phi) is 8.59. The van der Waals surface area contributed by atoms with E-state index < -0.39 is 12.3 Å². The Morgan fingerprint density at radius 2 is 2.19 bits per heavy atom. The van der Waals surface area contributed by atoms with Gasteiger partial charge in [0.2, 0.25) is 0 Å². The Balaban J connectivity index is 3.67. The molecular weight excluding hydrogens is 204 g/mol. The van der Waals surface area contributed by atoms with Gasteiger partial charge < -0.3 is 9.47 Å². The van der Waals surface area contributed by atoms with Gasteiger partial charge in [-0.2, -0.15) is 0 Å². The lowest BCUT2D eigenvalue weighted by Crippen LogP contribution is -2.19. The van der Waals surface area contributed by atoms with Crippen LogP contribution in [0.25, 0.3) is 0 Å². The third-order valence-electron chi connectivity index (χ3n) is 2.17. The average molecular weight is 226 g/mol. The molecule has 0 bridgehead atoms. The first-order chi connectivity index (χ1) is 7.60. The number of esters is 1. The highest BCUT2D eigenvalue weighted by Crippen LogP contribution is 2.09. The van der Waals surface area contributed by atoms with Crippen molar-refractivity contribution in [3.05, 3.63) is 18.4 Å². The second-order valence-electron chi connectivity index (χ2n) is 3.93. The molecule has 0 heterocycles. The maximum absolute atomic E-state index is 11.0. The van der Waals surface area contributed by atoms with Crippen molar-refractivity contribution in [1.82, 2.24) is 0 Å². The lowest BCUT2D eigenvalue weighted by Gasteiger charge is -2.16. The number of carbonyl (C=O) groups is 1. The molecule has 16 heavy (non-hydrogen) atoms. The smallest absolute Gasteiger partial charge is 0.340 e. The van der Waals surface area contributed by atoms with Crippen molar-refractivity contribution in [2.45, 2.75) is 46.3 Å². The molecule has 0 spiro atoms. The molecule has 0 radical (unpaired) electrons. The van der Waals surface area contributed by atoms with Gasteiger partial charge in [0, 0.05) is 0 Å². The second-order valence-corrected chi connectivity index (χ2v) is 3.93. The minimum atomic E-state index is -0.513. The summed E-state index contributed by atoms with van der Waals surface area (Å²) in [6, 6.07) is 0. The van der Waals surface area contributed by atoms with Gasteiger partial charge in [0.25, 0.3) is 0 Å². The van der Waals surface area contributed by atoms with E-state index in [1.807, 2.05) is 0 Å². The molecule has 0 fully saturated rings. The first kappa shape index (κ1) is 14.9. The first-order valence-electron chi connectivity index (χ1n) is 5.78. The number of hydrogen-bond acceptors (Lipinski definition) is 3. The van der Waals surface area contributed by atoms with Crippen LogP contribution in [-0.4, -0.2) is 18.9 Å². The normalized spacial score (nSPS) is 13.7. The van der Waals surface area contributed by atoms with Gasteiger partial charge in [0.1, 0.15) is 0 Å². The highest BCUT2D eigenvalue weighted by atomic mass is 16.7. The maximum Gasteiger partial charge on any atom is 0.340 e. The van der Waals surface area contributed by atoms with Crippen molar-refractivity contribution in [3.8, 4) is 0 Å². The Morgan fingerprint density at radius 3 is 2.75 bits per heavy atom. The summed E-state index contributed by atoms with van der Waals surface area (Å²) in [4.78, 5) is 11.0. The van der Waals surface area contributed by atoms with Gasteiger partial charge in [-0.25, -0.2) is 4.79 Å². The Hall–Kier alpha value is -1.05. The third-order valence-corrected chi connectivity index (χ3v) is 2.17. The number of unbranched alkanes of at least 4 members (excludes halogenated alkanes) is 1. The summed E-state index contributed by atoms with van der Waals surface area (Å²) in [6.45, 7) is 9.92. The zero-order valence-corrected chi connectivity index (χ0v) is 10.5. The van der Waals surface area contributed by atoms with Crippen LogP contribution in [0.2, 0.25) is 0 Å². The van der Waals surface area contributed by atoms with Crippen LogP contribution in [0.4, 0.5) is 0 Å². The van der Waals surface area contributed by atoms with E-state index in [0.29, 0.717) is 12.5 Å². The van der Waals surface area contributed by atoms with Crippen LogP contribution in [0.3, 0.4) is 0 Å². The molecule has 0 N–H and O–H groups in total. The van der Waals surface area contributed by atoms with Crippen molar-refractivity contribution in [1.29, 1.82) is 0 Å². The zero-order valence-electron chi connectivity index (χ0n) is 10.5. The zero-order chi connectivity index (χ0) is 12.4. The Morgan fingerprint density at radius 1 is 1.50 bits per heavy atom. The first-order valence-corrected chi connectivity index (χ1v) is 5.78. The van der Waals surface area contributed by atoms with Crippen molar-refractivity contribution in [2.24, 2.45) is 5.92 Å². The summed E-state index contributed by atoms with van der Waals surface area (Å²) in [7, 11) is 0. The molecule has 0 aliphatic carbocycles. The standard InChI is InChI=1S/C13H22O3/c1-5-7-9-11(3)10-15-12(4)16-13(14)8-6-2/h8,11-12H,2,5,7,9-10H2,1,3-4H3. The predicted octanol–water partition coefficient (Wildman–Crippen LogP) is 3.06. The number of ether oxygens (including phenoxy) is 2. The summed E-state index contributed by atoms with van der Waals surface area (Å²) in [6.07, 6.45) is 4.18. The van der Waals surface area contributed by atoms with Crippen LogP contribution in [0, 0.1) is 5.92 Å². The van der Waals surface area contributed by atoms with Crippen LogP contribution in [0.1, 0.15) is 40.0 Å². The Bertz CT molecular complexity index is 242. The van der Waals surface area contributed by atoms with Gasteiger partial charge in [0.15, 0.2) is 6.29 Å². The highest BCUT2D eigenvalue weighted by molar-refractivity contribution is 5.81. The molecule has 2 unspecified atom stereocenters. The highest BCUT2D eigenvalue weighted by Gasteiger charge is 2.09. The quantitative estimate of drug-likeness (QED) is 0.276.